The summed E-state index contributed by atoms with van der Waals surface area (Å²) in [6.07, 6.45) is 0. The number of hydrogen-bond donors (Lipinski definition) is 1. The standard InChI is InChI=1S/C9H8BrNSe/c1-11-9-8(10)6-4-2-3-5-7(6)12-9/h2-5,11H,1H3. The molecule has 3 heteroatoms. The second kappa shape index (κ2) is 3.25. The zero-order valence-electron chi connectivity index (χ0n) is 6.60. The fourth-order valence-corrected chi connectivity index (χ4v) is 4.42. The molecular weight excluding hydrogens is 281 g/mol. The zero-order chi connectivity index (χ0) is 8.55. The minimum absolute atomic E-state index is 0.462. The molecule has 12 heavy (non-hydrogen) atoms. The fraction of sp³-hybridized carbons (Fsp3) is 0.111. The molecule has 0 aliphatic rings. The summed E-state index contributed by atoms with van der Waals surface area (Å²) >= 11 is 4.06. The van der Waals surface area contributed by atoms with Crippen LogP contribution >= 0.6 is 15.9 Å². The van der Waals surface area contributed by atoms with Crippen molar-refractivity contribution in [2.75, 3.05) is 12.4 Å². The molecule has 2 rings (SSSR count). The summed E-state index contributed by atoms with van der Waals surface area (Å²) in [5.74, 6) is 0. The average molecular weight is 289 g/mol. The van der Waals surface area contributed by atoms with Gasteiger partial charge in [-0.25, -0.2) is 0 Å². The first kappa shape index (κ1) is 8.36. The van der Waals surface area contributed by atoms with Crippen LogP contribution in [0.1, 0.15) is 0 Å². The van der Waals surface area contributed by atoms with Crippen LogP contribution in [-0.4, -0.2) is 21.6 Å². The second-order valence-corrected chi connectivity index (χ2v) is 5.49. The van der Waals surface area contributed by atoms with Crippen molar-refractivity contribution in [1.29, 1.82) is 0 Å². The van der Waals surface area contributed by atoms with Crippen LogP contribution in [0.4, 0.5) is 4.56 Å². The van der Waals surface area contributed by atoms with E-state index in [9.17, 15) is 0 Å². The van der Waals surface area contributed by atoms with Gasteiger partial charge in [-0.1, -0.05) is 0 Å². The molecule has 0 saturated carbocycles. The monoisotopic (exact) mass is 289 g/mol. The third-order valence-corrected chi connectivity index (χ3v) is 5.67. The maximum atomic E-state index is 3.60. The van der Waals surface area contributed by atoms with E-state index in [1.807, 2.05) is 7.05 Å². The Morgan fingerprint density at radius 3 is 2.75 bits per heavy atom. The molecule has 0 atom stereocenters. The number of benzene rings is 1. The summed E-state index contributed by atoms with van der Waals surface area (Å²) in [5, 5.41) is 4.57. The van der Waals surface area contributed by atoms with E-state index in [-0.39, 0.29) is 0 Å². The van der Waals surface area contributed by atoms with E-state index < -0.39 is 0 Å². The number of rotatable bonds is 1. The molecule has 1 heterocycles. The molecule has 0 bridgehead atoms. The Labute approximate surface area is 85.7 Å². The van der Waals surface area contributed by atoms with Crippen LogP contribution in [0.25, 0.3) is 9.65 Å². The van der Waals surface area contributed by atoms with Crippen LogP contribution in [0, 0.1) is 0 Å². The summed E-state index contributed by atoms with van der Waals surface area (Å²) < 4.78 is 4.03. The van der Waals surface area contributed by atoms with E-state index in [2.05, 4.69) is 45.5 Å². The van der Waals surface area contributed by atoms with Gasteiger partial charge in [0.2, 0.25) is 0 Å². The van der Waals surface area contributed by atoms with Gasteiger partial charge in [0.1, 0.15) is 0 Å². The van der Waals surface area contributed by atoms with Crippen LogP contribution in [0.15, 0.2) is 28.7 Å². The van der Waals surface area contributed by atoms with Gasteiger partial charge in [-0.2, -0.15) is 0 Å². The first-order chi connectivity index (χ1) is 5.83. The van der Waals surface area contributed by atoms with Gasteiger partial charge in [-0.15, -0.1) is 0 Å². The third kappa shape index (κ3) is 1.22. The molecular formula is C9H8BrNSe. The summed E-state index contributed by atoms with van der Waals surface area (Å²) in [4.78, 5) is 0. The van der Waals surface area contributed by atoms with Crippen LogP contribution in [0.3, 0.4) is 0 Å². The van der Waals surface area contributed by atoms with Crippen molar-refractivity contribution in [2.45, 2.75) is 0 Å². The van der Waals surface area contributed by atoms with Crippen molar-refractivity contribution in [3.8, 4) is 0 Å². The van der Waals surface area contributed by atoms with Crippen molar-refractivity contribution >= 4 is 44.6 Å². The van der Waals surface area contributed by atoms with Gasteiger partial charge in [0.05, 0.1) is 0 Å². The molecule has 2 aromatic rings. The summed E-state index contributed by atoms with van der Waals surface area (Å²) in [7, 11) is 1.98. The molecule has 1 aromatic heterocycles. The minimum atomic E-state index is 0.462. The molecule has 0 aliphatic heterocycles. The second-order valence-electron chi connectivity index (χ2n) is 2.49. The Hall–Kier alpha value is -0.241. The van der Waals surface area contributed by atoms with Gasteiger partial charge in [0.15, 0.2) is 0 Å². The number of halogens is 1. The van der Waals surface area contributed by atoms with Crippen LogP contribution in [-0.2, 0) is 0 Å². The Morgan fingerprint density at radius 1 is 1.33 bits per heavy atom. The van der Waals surface area contributed by atoms with Gasteiger partial charge < -0.3 is 0 Å². The Morgan fingerprint density at radius 2 is 2.08 bits per heavy atom. The molecule has 1 aromatic carbocycles. The topological polar surface area (TPSA) is 12.0 Å². The first-order valence-corrected chi connectivity index (χ1v) is 6.18. The predicted octanol–water partition coefficient (Wildman–Crippen LogP) is 2.70. The van der Waals surface area contributed by atoms with Crippen molar-refractivity contribution in [2.24, 2.45) is 0 Å². The maximum absolute atomic E-state index is 3.60. The summed E-state index contributed by atoms with van der Waals surface area (Å²) in [6.45, 7) is 0. The molecule has 62 valence electrons. The molecule has 0 aliphatic carbocycles. The summed E-state index contributed by atoms with van der Waals surface area (Å²) in [6, 6.07) is 8.53. The van der Waals surface area contributed by atoms with Gasteiger partial charge in [-0.3, -0.25) is 0 Å². The zero-order valence-corrected chi connectivity index (χ0v) is 9.89. The molecule has 0 fully saturated rings. The Kier molecular flexibility index (Phi) is 2.26. The fourth-order valence-electron chi connectivity index (χ4n) is 1.17. The average Bonchev–Trinajstić information content (AvgIpc) is 2.44. The van der Waals surface area contributed by atoms with Crippen LogP contribution < -0.4 is 5.32 Å². The molecule has 0 radical (unpaired) electrons. The molecule has 1 nitrogen and oxygen atoms in total. The number of fused-ring (bicyclic) bond motifs is 1. The number of hydrogen-bond acceptors (Lipinski definition) is 1. The van der Waals surface area contributed by atoms with Gasteiger partial charge in [0, 0.05) is 0 Å². The van der Waals surface area contributed by atoms with Crippen LogP contribution in [0.2, 0.25) is 0 Å². The molecule has 0 saturated heterocycles. The number of anilines is 1. The van der Waals surface area contributed by atoms with E-state index >= 15 is 0 Å². The molecule has 1 N–H and O–H groups in total. The normalized spacial score (nSPS) is 10.5. The van der Waals surface area contributed by atoms with Crippen molar-refractivity contribution < 1.29 is 0 Å². The van der Waals surface area contributed by atoms with E-state index in [4.69, 9.17) is 0 Å². The Balaban J connectivity index is 2.78. The molecule has 0 unspecified atom stereocenters. The quantitative estimate of drug-likeness (QED) is 0.796. The van der Waals surface area contributed by atoms with Gasteiger partial charge in [0.25, 0.3) is 0 Å². The number of nitrogens with one attached hydrogen (secondary N) is 1. The van der Waals surface area contributed by atoms with E-state index in [0.717, 1.165) is 0 Å². The van der Waals surface area contributed by atoms with Crippen molar-refractivity contribution in [1.82, 2.24) is 0 Å². The predicted molar refractivity (Wildman–Crippen MR) is 58.1 cm³/mol. The van der Waals surface area contributed by atoms with E-state index in [1.54, 1.807) is 0 Å². The molecule has 0 amide bonds. The van der Waals surface area contributed by atoms with Crippen LogP contribution in [0.5, 0.6) is 0 Å². The summed E-state index contributed by atoms with van der Waals surface area (Å²) in [5.41, 5.74) is 0. The van der Waals surface area contributed by atoms with Crippen molar-refractivity contribution in [3.63, 3.8) is 0 Å². The van der Waals surface area contributed by atoms with E-state index in [0.29, 0.717) is 14.5 Å². The van der Waals surface area contributed by atoms with E-state index in [1.165, 1.54) is 18.7 Å². The van der Waals surface area contributed by atoms with Gasteiger partial charge >= 0.3 is 85.7 Å². The molecule has 0 spiro atoms. The van der Waals surface area contributed by atoms with Crippen molar-refractivity contribution in [3.05, 3.63) is 28.7 Å². The third-order valence-electron chi connectivity index (χ3n) is 1.76. The first-order valence-electron chi connectivity index (χ1n) is 3.67. The van der Waals surface area contributed by atoms with Gasteiger partial charge in [-0.05, 0) is 0 Å². The Bertz CT molecular complexity index is 408. The SMILES string of the molecule is CNc1[se]c2ccccc2c1Br.